The number of fused-ring (bicyclic) bond motifs is 3. The molecule has 2 bridgehead atoms. The van der Waals surface area contributed by atoms with Gasteiger partial charge < -0.3 is 53.4 Å². The van der Waals surface area contributed by atoms with Crippen molar-refractivity contribution in [3.8, 4) is 0 Å². The van der Waals surface area contributed by atoms with Crippen molar-refractivity contribution in [1.82, 2.24) is 4.90 Å². The first-order chi connectivity index (χ1) is 35.1. The molecule has 418 valence electrons. The van der Waals surface area contributed by atoms with Crippen molar-refractivity contribution >= 4 is 29.4 Å². The van der Waals surface area contributed by atoms with Crippen molar-refractivity contribution in [2.45, 2.75) is 193 Å². The number of carbonyl (C=O) groups is 5. The van der Waals surface area contributed by atoms with Crippen molar-refractivity contribution in [3.05, 3.63) is 59.8 Å². The van der Waals surface area contributed by atoms with Crippen molar-refractivity contribution in [2.24, 2.45) is 35.5 Å². The van der Waals surface area contributed by atoms with Crippen LogP contribution in [0.15, 0.2) is 59.8 Å². The normalized spacial score (nSPS) is 36.9. The van der Waals surface area contributed by atoms with Gasteiger partial charge in [-0.1, -0.05) is 77.7 Å². The summed E-state index contributed by atoms with van der Waals surface area (Å²) >= 11 is 0. The standard InChI is InChI=1S/C58H91NO15/c1-36-18-13-12-14-19-37(2)49(72-29-28-68-9)34-45-24-22-42(7)58(67,74-45)55(64)56(65)59-26-16-15-20-46(59)57(66)73-50(35-47(60)39(4)31-41(6)53(63)54(70-11)43(8)38(3)30-36)40(5)32-44-23-25-48(51(33-44)69-10)71-27-17-21-52(61)62/h12-14,18-19,31,36,38-40,42,44-46,48-51,53-54,63,67H,8,15-17,20-30,32-35H2,1-7,9-11H3,(H,61,62)/b14-12+,18-13+,37-19+,41-31+. The maximum atomic E-state index is 14.6. The van der Waals surface area contributed by atoms with Crippen molar-refractivity contribution in [1.29, 1.82) is 0 Å². The third-order valence-electron chi connectivity index (χ3n) is 15.9. The molecular weight excluding hydrogens is 951 g/mol. The van der Waals surface area contributed by atoms with E-state index in [4.69, 9.17) is 38.3 Å². The number of aliphatic carboxylic acids is 1. The van der Waals surface area contributed by atoms with Crippen molar-refractivity contribution < 1.29 is 72.5 Å². The van der Waals surface area contributed by atoms with Crippen LogP contribution in [0.2, 0.25) is 0 Å². The van der Waals surface area contributed by atoms with Gasteiger partial charge in [-0.05, 0) is 125 Å². The Kier molecular flexibility index (Phi) is 26.1. The van der Waals surface area contributed by atoms with Crippen LogP contribution in [-0.4, -0.2) is 152 Å². The number of hydrogen-bond donors (Lipinski definition) is 3. The number of ketones is 2. The second kappa shape index (κ2) is 30.8. The summed E-state index contributed by atoms with van der Waals surface area (Å²) in [4.78, 5) is 70.1. The predicted molar refractivity (Wildman–Crippen MR) is 281 cm³/mol. The summed E-state index contributed by atoms with van der Waals surface area (Å²) in [7, 11) is 4.75. The van der Waals surface area contributed by atoms with Gasteiger partial charge in [-0.2, -0.15) is 0 Å². The molecule has 0 radical (unpaired) electrons. The average molecular weight is 1040 g/mol. The predicted octanol–water partition coefficient (Wildman–Crippen LogP) is 8.07. The Hall–Kier alpha value is -3.87. The Morgan fingerprint density at radius 1 is 0.878 bits per heavy atom. The lowest BCUT2D eigenvalue weighted by Gasteiger charge is -2.43. The van der Waals surface area contributed by atoms with Gasteiger partial charge in [-0.25, -0.2) is 4.79 Å². The summed E-state index contributed by atoms with van der Waals surface area (Å²) in [6.45, 7) is 18.6. The summed E-state index contributed by atoms with van der Waals surface area (Å²) in [5, 5.41) is 32.9. The molecule has 4 aliphatic rings. The number of rotatable bonds is 14. The second-order valence-corrected chi connectivity index (χ2v) is 21.7. The highest BCUT2D eigenvalue weighted by molar-refractivity contribution is 6.39. The zero-order valence-electron chi connectivity index (χ0n) is 46.2. The molecule has 3 N–H and O–H groups in total. The topological polar surface area (TPSA) is 214 Å². The van der Waals surface area contributed by atoms with Crippen LogP contribution < -0.4 is 0 Å². The second-order valence-electron chi connectivity index (χ2n) is 21.7. The lowest BCUT2D eigenvalue weighted by molar-refractivity contribution is -0.266. The Bertz CT molecular complexity index is 1980. The summed E-state index contributed by atoms with van der Waals surface area (Å²) in [6, 6.07) is -1.15. The SMILES string of the molecule is C=C1C(C)CC(C)/C=C/C=C/C=C(\C)C(OCCOC)CC2CCC(C)C(O)(O2)C(=O)C(=O)N2CCCCC2C(=O)OC(C(C)CC2CCC(OCCCC(=O)O)C(OC)C2)CC(=O)C(C)/C=C(\C)C(O)C1OC. The number of aliphatic hydroxyl groups excluding tert-OH is 1. The number of amides is 1. The summed E-state index contributed by atoms with van der Waals surface area (Å²) < 4.78 is 42.0. The van der Waals surface area contributed by atoms with Crippen LogP contribution >= 0.6 is 0 Å². The first kappa shape index (κ1) is 62.7. The number of nitrogens with zero attached hydrogens (tertiary/aromatic N) is 1. The van der Waals surface area contributed by atoms with Crippen LogP contribution in [0.4, 0.5) is 0 Å². The fraction of sp³-hybridized carbons (Fsp3) is 0.741. The van der Waals surface area contributed by atoms with Crippen LogP contribution in [0, 0.1) is 35.5 Å². The van der Waals surface area contributed by atoms with Gasteiger partial charge in [0.1, 0.15) is 30.1 Å². The van der Waals surface area contributed by atoms with E-state index in [9.17, 15) is 34.2 Å². The smallest absolute Gasteiger partial charge is 0.329 e. The third kappa shape index (κ3) is 18.1. The molecule has 16 nitrogen and oxygen atoms in total. The van der Waals surface area contributed by atoms with Crippen LogP contribution in [0.1, 0.15) is 138 Å². The maximum absolute atomic E-state index is 14.6. The number of carboxylic acid groups (broad SMARTS) is 1. The minimum atomic E-state index is -2.46. The number of Topliss-reactive ketones (excluding diaryl/α,β-unsaturated/α-hetero) is 2. The van der Waals surface area contributed by atoms with Gasteiger partial charge in [0, 0.05) is 65.6 Å². The molecular formula is C58H91NO15. The molecule has 0 aromatic carbocycles. The minimum absolute atomic E-state index is 0.0146. The lowest BCUT2D eigenvalue weighted by atomic mass is 9.78. The summed E-state index contributed by atoms with van der Waals surface area (Å²) in [5.41, 5.74) is 2.14. The van der Waals surface area contributed by atoms with Gasteiger partial charge in [0.2, 0.25) is 5.79 Å². The van der Waals surface area contributed by atoms with Crippen molar-refractivity contribution in [2.75, 3.05) is 47.7 Å². The molecule has 1 aliphatic carbocycles. The van der Waals surface area contributed by atoms with Gasteiger partial charge in [-0.15, -0.1) is 0 Å². The Balaban J connectivity index is 1.69. The first-order valence-electron chi connectivity index (χ1n) is 27.2. The quantitative estimate of drug-likeness (QED) is 0.0649. The molecule has 74 heavy (non-hydrogen) atoms. The fourth-order valence-corrected chi connectivity index (χ4v) is 11.1. The molecule has 3 fully saturated rings. The molecule has 0 aromatic heterocycles. The third-order valence-corrected chi connectivity index (χ3v) is 15.9. The summed E-state index contributed by atoms with van der Waals surface area (Å²) in [5.74, 6) is -8.00. The Morgan fingerprint density at radius 3 is 2.31 bits per heavy atom. The number of carbonyl (C=O) groups excluding carboxylic acids is 4. The van der Waals surface area contributed by atoms with Crippen LogP contribution in [-0.2, 0) is 57.1 Å². The van der Waals surface area contributed by atoms with E-state index in [-0.39, 0.29) is 67.5 Å². The van der Waals surface area contributed by atoms with E-state index in [1.807, 2.05) is 38.2 Å². The molecule has 4 rings (SSSR count). The number of aliphatic hydroxyl groups is 2. The molecule has 0 aromatic rings. The number of hydrogen-bond acceptors (Lipinski definition) is 14. The van der Waals surface area contributed by atoms with Crippen molar-refractivity contribution in [3.63, 3.8) is 0 Å². The zero-order chi connectivity index (χ0) is 54.7. The van der Waals surface area contributed by atoms with Gasteiger partial charge in [0.25, 0.3) is 11.7 Å². The zero-order valence-corrected chi connectivity index (χ0v) is 46.2. The van der Waals surface area contributed by atoms with E-state index in [1.54, 1.807) is 41.1 Å². The molecule has 3 heterocycles. The van der Waals surface area contributed by atoms with Gasteiger partial charge in [0.05, 0.1) is 37.6 Å². The Morgan fingerprint density at radius 2 is 1.62 bits per heavy atom. The van der Waals surface area contributed by atoms with E-state index < -0.39 is 77.8 Å². The molecule has 1 amide bonds. The number of piperidine rings is 1. The number of cyclic esters (lactones) is 1. The molecule has 1 saturated carbocycles. The highest BCUT2D eigenvalue weighted by atomic mass is 16.6. The lowest BCUT2D eigenvalue weighted by Crippen LogP contribution is -2.61. The minimum Gasteiger partial charge on any atom is -0.481 e. The molecule has 3 aliphatic heterocycles. The molecule has 15 atom stereocenters. The summed E-state index contributed by atoms with van der Waals surface area (Å²) in [6.07, 6.45) is 13.5. The van der Waals surface area contributed by atoms with E-state index in [0.29, 0.717) is 83.2 Å². The largest absolute Gasteiger partial charge is 0.481 e. The number of methoxy groups -OCH3 is 3. The van der Waals surface area contributed by atoms with E-state index >= 15 is 0 Å². The van der Waals surface area contributed by atoms with E-state index in [1.165, 1.54) is 12.0 Å². The molecule has 2 saturated heterocycles. The van der Waals surface area contributed by atoms with Gasteiger partial charge in [0.15, 0.2) is 0 Å². The van der Waals surface area contributed by atoms with E-state index in [0.717, 1.165) is 24.0 Å². The number of allylic oxidation sites excluding steroid dienone is 6. The van der Waals surface area contributed by atoms with Gasteiger partial charge >= 0.3 is 11.9 Å². The number of carboxylic acids is 1. The van der Waals surface area contributed by atoms with Crippen LogP contribution in [0.25, 0.3) is 0 Å². The van der Waals surface area contributed by atoms with Crippen LogP contribution in [0.3, 0.4) is 0 Å². The number of esters is 1. The molecule has 16 heteroatoms. The maximum Gasteiger partial charge on any atom is 0.329 e. The molecule has 0 spiro atoms. The fourth-order valence-electron chi connectivity index (χ4n) is 11.1. The van der Waals surface area contributed by atoms with Crippen LogP contribution in [0.5, 0.6) is 0 Å². The Labute approximate surface area is 441 Å². The monoisotopic (exact) mass is 1040 g/mol. The number of ether oxygens (including phenoxy) is 7. The average Bonchev–Trinajstić information content (AvgIpc) is 3.37. The van der Waals surface area contributed by atoms with Gasteiger partial charge in [-0.3, -0.25) is 19.2 Å². The molecule has 15 unspecified atom stereocenters. The first-order valence-corrected chi connectivity index (χ1v) is 27.2. The van der Waals surface area contributed by atoms with E-state index in [2.05, 4.69) is 26.5 Å². The highest BCUT2D eigenvalue weighted by Crippen LogP contribution is 2.38. The highest BCUT2D eigenvalue weighted by Gasteiger charge is 2.53.